The fraction of sp³-hybridized carbons (Fsp3) is 0.500. The Morgan fingerprint density at radius 3 is 3.14 bits per heavy atom. The maximum Gasteiger partial charge on any atom is 0.151 e. The van der Waals surface area contributed by atoms with Crippen molar-refractivity contribution in [2.75, 3.05) is 30.4 Å². The number of nitrogens with two attached hydrogens (primary N) is 1. The molecular formula is C10H14FN3. The molecule has 0 aromatic carbocycles. The monoisotopic (exact) mass is 195 g/mol. The molecule has 1 aliphatic rings. The molecule has 1 atom stereocenters. The van der Waals surface area contributed by atoms with Gasteiger partial charge in [0, 0.05) is 25.2 Å². The number of hydrogen-bond donors (Lipinski definition) is 1. The molecule has 1 aromatic heterocycles. The predicted octanol–water partition coefficient (Wildman–Crippen LogP) is 1.46. The molecule has 0 unspecified atom stereocenters. The molecule has 2 rings (SSSR count). The summed E-state index contributed by atoms with van der Waals surface area (Å²) >= 11 is 0. The average Bonchev–Trinajstić information content (AvgIpc) is 2.67. The number of anilines is 2. The van der Waals surface area contributed by atoms with Crippen molar-refractivity contribution in [3.05, 3.63) is 18.3 Å². The summed E-state index contributed by atoms with van der Waals surface area (Å²) in [5, 5.41) is 0. The zero-order chi connectivity index (χ0) is 9.97. The number of nitrogen functional groups attached to an aromatic ring is 1. The predicted molar refractivity (Wildman–Crippen MR) is 54.9 cm³/mol. The lowest BCUT2D eigenvalue weighted by molar-refractivity contribution is 0.384. The van der Waals surface area contributed by atoms with Crippen LogP contribution in [0.1, 0.15) is 6.42 Å². The molecule has 0 spiro atoms. The molecule has 76 valence electrons. The zero-order valence-corrected chi connectivity index (χ0v) is 7.99. The second-order valence-electron chi connectivity index (χ2n) is 3.67. The Hall–Kier alpha value is -1.32. The maximum absolute atomic E-state index is 12.4. The summed E-state index contributed by atoms with van der Waals surface area (Å²) in [5.74, 6) is 0.944. The van der Waals surface area contributed by atoms with Crippen LogP contribution in [0.3, 0.4) is 0 Å². The molecule has 3 nitrogen and oxygen atoms in total. The largest absolute Gasteiger partial charge is 0.396 e. The molecule has 14 heavy (non-hydrogen) atoms. The van der Waals surface area contributed by atoms with E-state index in [0.29, 0.717) is 5.69 Å². The summed E-state index contributed by atoms with van der Waals surface area (Å²) in [7, 11) is 0. The summed E-state index contributed by atoms with van der Waals surface area (Å²) in [6.07, 6.45) is 2.61. The highest BCUT2D eigenvalue weighted by Gasteiger charge is 2.24. The van der Waals surface area contributed by atoms with Gasteiger partial charge in [0.1, 0.15) is 0 Å². The lowest BCUT2D eigenvalue weighted by Gasteiger charge is -2.18. The third-order valence-electron chi connectivity index (χ3n) is 2.62. The summed E-state index contributed by atoms with van der Waals surface area (Å²) < 4.78 is 12.4. The van der Waals surface area contributed by atoms with Crippen molar-refractivity contribution in [1.82, 2.24) is 4.98 Å². The van der Waals surface area contributed by atoms with Gasteiger partial charge in [-0.1, -0.05) is 0 Å². The van der Waals surface area contributed by atoms with Crippen LogP contribution in [0.15, 0.2) is 18.3 Å². The van der Waals surface area contributed by atoms with E-state index in [9.17, 15) is 4.39 Å². The second-order valence-corrected chi connectivity index (χ2v) is 3.67. The van der Waals surface area contributed by atoms with Crippen molar-refractivity contribution in [1.29, 1.82) is 0 Å². The van der Waals surface area contributed by atoms with Crippen LogP contribution in [0.5, 0.6) is 0 Å². The molecule has 2 N–H and O–H groups in total. The molecule has 2 heterocycles. The number of alkyl halides is 1. The molecule has 0 radical (unpaired) electrons. The minimum absolute atomic E-state index is 0.149. The van der Waals surface area contributed by atoms with E-state index < -0.39 is 0 Å². The van der Waals surface area contributed by atoms with Gasteiger partial charge in [-0.3, -0.25) is 4.39 Å². The van der Waals surface area contributed by atoms with Crippen molar-refractivity contribution < 1.29 is 4.39 Å². The van der Waals surface area contributed by atoms with Gasteiger partial charge in [0.15, 0.2) is 5.82 Å². The van der Waals surface area contributed by atoms with E-state index in [0.717, 1.165) is 25.3 Å². The van der Waals surface area contributed by atoms with E-state index in [-0.39, 0.29) is 12.6 Å². The fourth-order valence-corrected chi connectivity index (χ4v) is 1.82. The fourth-order valence-electron chi connectivity index (χ4n) is 1.82. The van der Waals surface area contributed by atoms with E-state index in [1.54, 1.807) is 6.20 Å². The van der Waals surface area contributed by atoms with Gasteiger partial charge in [0.05, 0.1) is 12.4 Å². The van der Waals surface area contributed by atoms with E-state index in [4.69, 9.17) is 5.73 Å². The number of aromatic nitrogens is 1. The minimum atomic E-state index is -0.247. The highest BCUT2D eigenvalue weighted by molar-refractivity contribution is 5.62. The minimum Gasteiger partial charge on any atom is -0.396 e. The van der Waals surface area contributed by atoms with Crippen molar-refractivity contribution in [3.8, 4) is 0 Å². The number of nitrogens with zero attached hydrogens (tertiary/aromatic N) is 2. The van der Waals surface area contributed by atoms with Crippen molar-refractivity contribution in [3.63, 3.8) is 0 Å². The Bertz CT molecular complexity index is 316. The van der Waals surface area contributed by atoms with Crippen LogP contribution in [0.2, 0.25) is 0 Å². The molecule has 1 aromatic rings. The number of hydrogen-bond acceptors (Lipinski definition) is 3. The van der Waals surface area contributed by atoms with E-state index in [2.05, 4.69) is 9.88 Å². The highest BCUT2D eigenvalue weighted by Crippen LogP contribution is 2.26. The van der Waals surface area contributed by atoms with Gasteiger partial charge in [0.25, 0.3) is 0 Å². The van der Waals surface area contributed by atoms with Gasteiger partial charge in [-0.2, -0.15) is 0 Å². The lowest BCUT2D eigenvalue weighted by atomic mass is 10.1. The number of rotatable bonds is 2. The lowest BCUT2D eigenvalue weighted by Crippen LogP contribution is -2.22. The third-order valence-corrected chi connectivity index (χ3v) is 2.62. The van der Waals surface area contributed by atoms with Crippen LogP contribution in [-0.4, -0.2) is 24.7 Å². The number of halogens is 1. The van der Waals surface area contributed by atoms with E-state index in [1.807, 2.05) is 12.1 Å². The Morgan fingerprint density at radius 1 is 1.64 bits per heavy atom. The standard InChI is InChI=1S/C10H14FN3/c11-6-8-3-5-14(7-8)10-9(12)2-1-4-13-10/h1-2,4,8H,3,5-7,12H2/t8-/m0/s1. The van der Waals surface area contributed by atoms with Crippen molar-refractivity contribution >= 4 is 11.5 Å². The Labute approximate surface area is 82.7 Å². The molecule has 0 bridgehead atoms. The molecule has 0 amide bonds. The summed E-state index contributed by atoms with van der Waals surface area (Å²) in [6, 6.07) is 3.63. The molecule has 1 saturated heterocycles. The highest BCUT2D eigenvalue weighted by atomic mass is 19.1. The second kappa shape index (κ2) is 3.82. The first kappa shape index (κ1) is 9.24. The van der Waals surface area contributed by atoms with E-state index >= 15 is 0 Å². The van der Waals surface area contributed by atoms with Gasteiger partial charge >= 0.3 is 0 Å². The van der Waals surface area contributed by atoms with E-state index in [1.165, 1.54) is 0 Å². The SMILES string of the molecule is Nc1cccnc1N1CC[C@@H](CF)C1. The smallest absolute Gasteiger partial charge is 0.151 e. The third kappa shape index (κ3) is 1.64. The quantitative estimate of drug-likeness (QED) is 0.776. The van der Waals surface area contributed by atoms with Crippen LogP contribution in [0, 0.1) is 5.92 Å². The van der Waals surface area contributed by atoms with Crippen LogP contribution >= 0.6 is 0 Å². The first-order valence-electron chi connectivity index (χ1n) is 4.82. The topological polar surface area (TPSA) is 42.1 Å². The maximum atomic E-state index is 12.4. The summed E-state index contributed by atoms with van der Waals surface area (Å²) in [5.41, 5.74) is 6.46. The Balaban J connectivity index is 2.13. The normalized spacial score (nSPS) is 21.5. The first-order valence-corrected chi connectivity index (χ1v) is 4.82. The Morgan fingerprint density at radius 2 is 2.50 bits per heavy atom. The average molecular weight is 195 g/mol. The van der Waals surface area contributed by atoms with Crippen LogP contribution < -0.4 is 10.6 Å². The van der Waals surface area contributed by atoms with Gasteiger partial charge in [-0.15, -0.1) is 0 Å². The van der Waals surface area contributed by atoms with Gasteiger partial charge in [-0.25, -0.2) is 4.98 Å². The van der Waals surface area contributed by atoms with Crippen molar-refractivity contribution in [2.45, 2.75) is 6.42 Å². The molecule has 4 heteroatoms. The first-order chi connectivity index (χ1) is 6.81. The van der Waals surface area contributed by atoms with Gasteiger partial charge in [0.2, 0.25) is 0 Å². The van der Waals surface area contributed by atoms with Gasteiger partial charge < -0.3 is 10.6 Å². The Kier molecular flexibility index (Phi) is 2.52. The molecule has 0 aliphatic carbocycles. The van der Waals surface area contributed by atoms with Crippen LogP contribution in [0.25, 0.3) is 0 Å². The molecular weight excluding hydrogens is 181 g/mol. The summed E-state index contributed by atoms with van der Waals surface area (Å²) in [4.78, 5) is 6.26. The zero-order valence-electron chi connectivity index (χ0n) is 7.99. The van der Waals surface area contributed by atoms with Crippen LogP contribution in [-0.2, 0) is 0 Å². The van der Waals surface area contributed by atoms with Gasteiger partial charge in [-0.05, 0) is 18.6 Å². The number of pyridine rings is 1. The van der Waals surface area contributed by atoms with Crippen molar-refractivity contribution in [2.24, 2.45) is 5.92 Å². The molecule has 0 saturated carbocycles. The van der Waals surface area contributed by atoms with Crippen LogP contribution in [0.4, 0.5) is 15.9 Å². The summed E-state index contributed by atoms with van der Waals surface area (Å²) in [6.45, 7) is 1.34. The molecule has 1 fully saturated rings. The molecule has 1 aliphatic heterocycles.